The first kappa shape index (κ1) is 52.5. The molecule has 0 aromatic heterocycles. The van der Waals surface area contributed by atoms with Gasteiger partial charge in [0.2, 0.25) is 12.1 Å². The highest BCUT2D eigenvalue weighted by atomic mass is 35.5. The number of amides is 4. The zero-order valence-electron chi connectivity index (χ0n) is 37.1. The lowest BCUT2D eigenvalue weighted by atomic mass is 10.1. The van der Waals surface area contributed by atoms with Crippen molar-refractivity contribution in [2.45, 2.75) is 56.4 Å². The molecular formula is C47H43Cl5N8O8. The van der Waals surface area contributed by atoms with Crippen molar-refractivity contribution in [3.05, 3.63) is 129 Å². The summed E-state index contributed by atoms with van der Waals surface area (Å²) < 4.78 is 10.8. The van der Waals surface area contributed by atoms with Crippen LogP contribution < -0.4 is 30.7 Å². The van der Waals surface area contributed by atoms with Crippen LogP contribution in [0.3, 0.4) is 0 Å². The largest absolute Gasteiger partial charge is 0.496 e. The normalized spacial score (nSPS) is 13.0. The van der Waals surface area contributed by atoms with E-state index in [9.17, 15) is 28.8 Å². The summed E-state index contributed by atoms with van der Waals surface area (Å²) in [5.74, 6) is -3.32. The number of nitrogens with one attached hydrogen (secondary N) is 4. The molecule has 4 N–H and O–H groups in total. The lowest BCUT2D eigenvalue weighted by Crippen LogP contribution is -2.32. The van der Waals surface area contributed by atoms with E-state index in [4.69, 9.17) is 67.5 Å². The van der Waals surface area contributed by atoms with Crippen molar-refractivity contribution in [2.75, 3.05) is 35.5 Å². The molecule has 21 heteroatoms. The maximum Gasteiger partial charge on any atom is 0.258 e. The van der Waals surface area contributed by atoms with Gasteiger partial charge in [-0.3, -0.25) is 28.8 Å². The summed E-state index contributed by atoms with van der Waals surface area (Å²) in [5.41, 5.74) is 2.93. The predicted molar refractivity (Wildman–Crippen MR) is 265 cm³/mol. The molecule has 0 heterocycles. The monoisotopic (exact) mass is 1020 g/mol. The number of carbonyl (C=O) groups is 6. The lowest BCUT2D eigenvalue weighted by molar-refractivity contribution is -0.127. The molecule has 0 saturated carbocycles. The number of halogens is 5. The van der Waals surface area contributed by atoms with Crippen molar-refractivity contribution in [1.82, 2.24) is 0 Å². The first-order chi connectivity index (χ1) is 32.4. The summed E-state index contributed by atoms with van der Waals surface area (Å²) >= 11 is 31.7. The van der Waals surface area contributed by atoms with Gasteiger partial charge in [0.25, 0.3) is 23.6 Å². The number of alkyl halides is 3. The Hall–Kier alpha value is -6.43. The molecule has 0 aliphatic carbocycles. The Kier molecular flexibility index (Phi) is 18.6. The number of azo groups is 2. The number of Topliss-reactive ketones (excluding diaryl/α,β-unsaturated/α-hetero) is 2. The van der Waals surface area contributed by atoms with Crippen LogP contribution in [0.1, 0.15) is 75.9 Å². The molecule has 16 nitrogen and oxygen atoms in total. The quantitative estimate of drug-likeness (QED) is 0.0353. The van der Waals surface area contributed by atoms with Gasteiger partial charge >= 0.3 is 0 Å². The predicted octanol–water partition coefficient (Wildman–Crippen LogP) is 12.2. The fourth-order valence-corrected chi connectivity index (χ4v) is 7.51. The van der Waals surface area contributed by atoms with Crippen molar-refractivity contribution >= 4 is 127 Å². The van der Waals surface area contributed by atoms with Gasteiger partial charge in [-0.25, -0.2) is 0 Å². The summed E-state index contributed by atoms with van der Waals surface area (Å²) in [4.78, 5) is 78.9. The van der Waals surface area contributed by atoms with Gasteiger partial charge in [0.05, 0.1) is 35.0 Å². The second-order valence-corrected chi connectivity index (χ2v) is 17.1. The molecule has 4 amide bonds. The van der Waals surface area contributed by atoms with Gasteiger partial charge in [-0.1, -0.05) is 35.3 Å². The van der Waals surface area contributed by atoms with Crippen LogP contribution >= 0.6 is 58.0 Å². The van der Waals surface area contributed by atoms with Crippen molar-refractivity contribution in [3.63, 3.8) is 0 Å². The Morgan fingerprint density at radius 1 is 0.574 bits per heavy atom. The molecule has 5 aromatic rings. The third-order valence-corrected chi connectivity index (χ3v) is 11.2. The van der Waals surface area contributed by atoms with Gasteiger partial charge in [0.1, 0.15) is 22.9 Å². The zero-order valence-corrected chi connectivity index (χ0v) is 40.9. The van der Waals surface area contributed by atoms with E-state index in [1.165, 1.54) is 68.8 Å². The third kappa shape index (κ3) is 13.2. The van der Waals surface area contributed by atoms with E-state index in [0.717, 1.165) is 13.8 Å². The molecule has 0 aliphatic rings. The maximum absolute atomic E-state index is 13.5. The minimum absolute atomic E-state index is 0.000576. The number of nitrogens with zero attached hydrogens (tertiary/aromatic N) is 4. The third-order valence-electron chi connectivity index (χ3n) is 9.88. The molecule has 0 aliphatic heterocycles. The van der Waals surface area contributed by atoms with Crippen LogP contribution in [-0.4, -0.2) is 61.5 Å². The average molecular weight is 1030 g/mol. The van der Waals surface area contributed by atoms with Gasteiger partial charge in [0, 0.05) is 50.9 Å². The van der Waals surface area contributed by atoms with E-state index in [1.54, 1.807) is 50.2 Å². The summed E-state index contributed by atoms with van der Waals surface area (Å²) in [6.07, 6.45) is 0. The molecule has 5 aromatic carbocycles. The Bertz CT molecular complexity index is 2820. The molecule has 68 heavy (non-hydrogen) atoms. The van der Waals surface area contributed by atoms with Crippen LogP contribution in [0.4, 0.5) is 34.1 Å². The average Bonchev–Trinajstić information content (AvgIpc) is 3.29. The number of anilines is 4. The van der Waals surface area contributed by atoms with E-state index in [1.807, 2.05) is 0 Å². The Balaban J connectivity index is 1.28. The smallest absolute Gasteiger partial charge is 0.258 e. The lowest BCUT2D eigenvalue weighted by Gasteiger charge is -2.16. The Morgan fingerprint density at radius 2 is 1.01 bits per heavy atom. The van der Waals surface area contributed by atoms with Crippen LogP contribution in [0.2, 0.25) is 10.0 Å². The van der Waals surface area contributed by atoms with Crippen molar-refractivity contribution in [2.24, 2.45) is 20.5 Å². The second kappa shape index (κ2) is 24.0. The molecule has 4 atom stereocenters. The van der Waals surface area contributed by atoms with Crippen LogP contribution in [0.25, 0.3) is 0 Å². The number of ether oxygens (including phenoxy) is 2. The fourth-order valence-electron chi connectivity index (χ4n) is 6.52. The zero-order chi connectivity index (χ0) is 49.8. The van der Waals surface area contributed by atoms with Crippen molar-refractivity contribution in [1.29, 1.82) is 0 Å². The second-order valence-electron chi connectivity index (χ2n) is 14.8. The summed E-state index contributed by atoms with van der Waals surface area (Å²) in [5, 5.41) is 26.0. The SMILES string of the molecule is COc1cccc(NC(=O)c2ccc(Cl)c(N=NC(C(C)=O)C(=O)Nc3ccc(NC(=O)C(N=Nc4cc(C(=O)Nc5cccc(OC)c5C(C)Cl)ccc4Cl)C(C)=O)c(CCl)c3)c2)c1C(C)Cl. The fraction of sp³-hybridized carbons (Fsp3) is 0.234. The summed E-state index contributed by atoms with van der Waals surface area (Å²) in [7, 11) is 2.98. The maximum atomic E-state index is 13.5. The van der Waals surface area contributed by atoms with Crippen LogP contribution in [0.15, 0.2) is 111 Å². The van der Waals surface area contributed by atoms with Gasteiger partial charge in [0.15, 0.2) is 11.6 Å². The van der Waals surface area contributed by atoms with Crippen LogP contribution in [-0.2, 0) is 25.1 Å². The number of hydrogen-bond donors (Lipinski definition) is 4. The van der Waals surface area contributed by atoms with Gasteiger partial charge in [-0.05, 0) is 112 Å². The standard InChI is InChI=1S/C47H43Cl5N8O8/c1-23(49)40-34(9-7-11-38(40)67-5)55-44(63)27-13-16-31(51)36(20-27)57-59-42(25(3)61)46(65)53-30-15-18-33(29(19-30)22-48)54-47(66)43(26(4)62)60-58-37-21-28(14-17-32(37)52)45(64)56-35-10-8-12-39(68-6)41(35)24(2)50/h7-21,23-24,42-43H,22H2,1-6H3,(H,53,65)(H,54,66)(H,55,63)(H,56,64). The summed E-state index contributed by atoms with van der Waals surface area (Å²) in [6.45, 7) is 5.77. The Morgan fingerprint density at radius 3 is 1.41 bits per heavy atom. The van der Waals surface area contributed by atoms with Crippen LogP contribution in [0, 0.1) is 0 Å². The number of hydrogen-bond acceptors (Lipinski definition) is 12. The number of rotatable bonds is 19. The van der Waals surface area contributed by atoms with Gasteiger partial charge in [-0.2, -0.15) is 20.5 Å². The minimum Gasteiger partial charge on any atom is -0.496 e. The van der Waals surface area contributed by atoms with E-state index < -0.39 is 58.0 Å². The first-order valence-electron chi connectivity index (χ1n) is 20.3. The Labute approximate surface area is 416 Å². The molecule has 0 bridgehead atoms. The molecule has 0 fully saturated rings. The van der Waals surface area contributed by atoms with Crippen molar-refractivity contribution in [3.8, 4) is 11.5 Å². The molecular weight excluding hydrogens is 982 g/mol. The topological polar surface area (TPSA) is 218 Å². The van der Waals surface area contributed by atoms with E-state index in [2.05, 4.69) is 41.7 Å². The van der Waals surface area contributed by atoms with Crippen molar-refractivity contribution < 1.29 is 38.2 Å². The van der Waals surface area contributed by atoms with Crippen LogP contribution in [0.5, 0.6) is 11.5 Å². The number of carbonyl (C=O) groups excluding carboxylic acids is 6. The van der Waals surface area contributed by atoms with E-state index >= 15 is 0 Å². The molecule has 354 valence electrons. The highest BCUT2D eigenvalue weighted by Crippen LogP contribution is 2.38. The van der Waals surface area contributed by atoms with E-state index in [-0.39, 0.29) is 49.8 Å². The molecule has 0 radical (unpaired) electrons. The number of methoxy groups -OCH3 is 2. The highest BCUT2D eigenvalue weighted by Gasteiger charge is 2.27. The minimum atomic E-state index is -1.65. The first-order valence-corrected chi connectivity index (χ1v) is 22.5. The molecule has 5 rings (SSSR count). The van der Waals surface area contributed by atoms with Gasteiger partial charge < -0.3 is 30.7 Å². The highest BCUT2D eigenvalue weighted by molar-refractivity contribution is 6.33. The molecule has 4 unspecified atom stereocenters. The molecule has 0 spiro atoms. The number of benzene rings is 5. The van der Waals surface area contributed by atoms with Gasteiger partial charge in [-0.15, -0.1) is 34.8 Å². The molecule has 0 saturated heterocycles. The summed E-state index contributed by atoms with van der Waals surface area (Å²) in [6, 6.07) is 19.6. The number of ketones is 2. The van der Waals surface area contributed by atoms with E-state index in [0.29, 0.717) is 39.6 Å².